The lowest BCUT2D eigenvalue weighted by atomic mass is 9.88. The number of carbonyl (C=O) groups excluding carboxylic acids is 1. The molecule has 0 aliphatic carbocycles. The van der Waals surface area contributed by atoms with Crippen molar-refractivity contribution in [2.75, 3.05) is 25.7 Å². The molecule has 2 heterocycles. The fourth-order valence-electron chi connectivity index (χ4n) is 2.84. The molecule has 4 unspecified atom stereocenters. The molecule has 2 aliphatic heterocycles. The summed E-state index contributed by atoms with van der Waals surface area (Å²) in [6, 6.07) is 0. The van der Waals surface area contributed by atoms with Gasteiger partial charge < -0.3 is 19.3 Å². The van der Waals surface area contributed by atoms with Crippen molar-refractivity contribution >= 4 is 29.5 Å². The standard InChI is InChI=1S/C13H22O5S2/c1-8-9(2)18-12(17-4,10(14)11(15)16-3)7-13(8)19-5-6-20-13/h8-10,14H,5-7H2,1-4H3. The number of aliphatic hydroxyl groups excluding tert-OH is 1. The van der Waals surface area contributed by atoms with Crippen LogP contribution in [-0.2, 0) is 19.0 Å². The minimum atomic E-state index is -1.44. The van der Waals surface area contributed by atoms with Crippen molar-refractivity contribution in [1.29, 1.82) is 0 Å². The molecule has 0 amide bonds. The van der Waals surface area contributed by atoms with Crippen LogP contribution >= 0.6 is 23.5 Å². The Morgan fingerprint density at radius 2 is 1.95 bits per heavy atom. The zero-order valence-electron chi connectivity index (χ0n) is 12.3. The van der Waals surface area contributed by atoms with Crippen molar-refractivity contribution in [2.24, 2.45) is 5.92 Å². The lowest BCUT2D eigenvalue weighted by Gasteiger charge is -2.51. The Morgan fingerprint density at radius 3 is 2.45 bits per heavy atom. The molecule has 0 aromatic heterocycles. The van der Waals surface area contributed by atoms with Gasteiger partial charge in [-0.1, -0.05) is 6.92 Å². The second-order valence-electron chi connectivity index (χ2n) is 5.24. The average Bonchev–Trinajstić information content (AvgIpc) is 2.91. The van der Waals surface area contributed by atoms with Crippen LogP contribution < -0.4 is 0 Å². The second kappa shape index (κ2) is 6.04. The SMILES string of the molecule is COC(=O)C(O)C1(OC)CC2(SCCS2)C(C)C(C)O1. The molecule has 4 atom stereocenters. The topological polar surface area (TPSA) is 65.0 Å². The van der Waals surface area contributed by atoms with E-state index in [1.165, 1.54) is 14.2 Å². The van der Waals surface area contributed by atoms with Crippen molar-refractivity contribution in [3.63, 3.8) is 0 Å². The summed E-state index contributed by atoms with van der Waals surface area (Å²) in [5.74, 6) is 0.388. The maximum absolute atomic E-state index is 11.7. The monoisotopic (exact) mass is 322 g/mol. The van der Waals surface area contributed by atoms with Crippen LogP contribution in [0.2, 0.25) is 0 Å². The summed E-state index contributed by atoms with van der Waals surface area (Å²) in [6.45, 7) is 4.11. The molecule has 2 fully saturated rings. The van der Waals surface area contributed by atoms with Crippen LogP contribution in [0.25, 0.3) is 0 Å². The predicted octanol–water partition coefficient (Wildman–Crippen LogP) is 1.48. The molecule has 0 bridgehead atoms. The first-order chi connectivity index (χ1) is 9.41. The maximum Gasteiger partial charge on any atom is 0.340 e. The summed E-state index contributed by atoms with van der Waals surface area (Å²) in [5, 5.41) is 10.3. The van der Waals surface area contributed by atoms with Gasteiger partial charge in [-0.3, -0.25) is 0 Å². The molecule has 116 valence electrons. The van der Waals surface area contributed by atoms with Gasteiger partial charge in [0.05, 0.1) is 17.3 Å². The minimum Gasteiger partial charge on any atom is -0.467 e. The van der Waals surface area contributed by atoms with E-state index in [0.717, 1.165) is 11.5 Å². The number of ether oxygens (including phenoxy) is 3. The summed E-state index contributed by atoms with van der Waals surface area (Å²) in [5.41, 5.74) is 0. The number of aliphatic hydroxyl groups is 1. The van der Waals surface area contributed by atoms with Crippen molar-refractivity contribution in [3.8, 4) is 0 Å². The molecule has 2 rings (SSSR count). The van der Waals surface area contributed by atoms with E-state index in [2.05, 4.69) is 11.7 Å². The molecule has 0 radical (unpaired) electrons. The van der Waals surface area contributed by atoms with Crippen LogP contribution in [-0.4, -0.2) is 58.9 Å². The van der Waals surface area contributed by atoms with Gasteiger partial charge in [0.25, 0.3) is 0 Å². The summed E-state index contributed by atoms with van der Waals surface area (Å²) in [7, 11) is 2.71. The van der Waals surface area contributed by atoms with Gasteiger partial charge in [0.2, 0.25) is 11.9 Å². The third-order valence-electron chi connectivity index (χ3n) is 4.24. The van der Waals surface area contributed by atoms with Crippen LogP contribution in [0.3, 0.4) is 0 Å². The Bertz CT molecular complexity index is 372. The molecule has 1 spiro atoms. The van der Waals surface area contributed by atoms with Gasteiger partial charge >= 0.3 is 5.97 Å². The van der Waals surface area contributed by atoms with Gasteiger partial charge in [-0.15, -0.1) is 23.5 Å². The molecule has 20 heavy (non-hydrogen) atoms. The van der Waals surface area contributed by atoms with E-state index >= 15 is 0 Å². The highest BCUT2D eigenvalue weighted by atomic mass is 32.2. The average molecular weight is 322 g/mol. The van der Waals surface area contributed by atoms with Crippen LogP contribution in [0, 0.1) is 5.92 Å². The zero-order valence-corrected chi connectivity index (χ0v) is 13.9. The highest BCUT2D eigenvalue weighted by Crippen LogP contribution is 2.58. The lowest BCUT2D eigenvalue weighted by Crippen LogP contribution is -2.61. The number of esters is 1. The maximum atomic E-state index is 11.7. The minimum absolute atomic E-state index is 0.0807. The molecule has 0 saturated carbocycles. The van der Waals surface area contributed by atoms with Crippen LogP contribution in [0.1, 0.15) is 20.3 Å². The molecule has 0 aromatic rings. The van der Waals surface area contributed by atoms with E-state index in [-0.39, 0.29) is 10.2 Å². The highest BCUT2D eigenvalue weighted by Gasteiger charge is 2.59. The van der Waals surface area contributed by atoms with E-state index in [1.807, 2.05) is 30.4 Å². The van der Waals surface area contributed by atoms with Gasteiger partial charge in [0.1, 0.15) is 0 Å². The third kappa shape index (κ3) is 2.59. The predicted molar refractivity (Wildman–Crippen MR) is 79.7 cm³/mol. The summed E-state index contributed by atoms with van der Waals surface area (Å²) >= 11 is 3.74. The molecular weight excluding hydrogens is 300 g/mol. The van der Waals surface area contributed by atoms with E-state index in [1.54, 1.807) is 0 Å². The Labute approximate surface area is 128 Å². The molecule has 0 aromatic carbocycles. The summed E-state index contributed by atoms with van der Waals surface area (Å²) in [6.07, 6.45) is -1.08. The van der Waals surface area contributed by atoms with Crippen molar-refractivity contribution in [3.05, 3.63) is 0 Å². The Kier molecular flexibility index (Phi) is 4.96. The van der Waals surface area contributed by atoms with Crippen LogP contribution in [0.5, 0.6) is 0 Å². The largest absolute Gasteiger partial charge is 0.467 e. The molecule has 1 N–H and O–H groups in total. The van der Waals surface area contributed by atoms with Gasteiger partial charge in [0, 0.05) is 31.0 Å². The smallest absolute Gasteiger partial charge is 0.340 e. The van der Waals surface area contributed by atoms with Gasteiger partial charge in [-0.2, -0.15) is 0 Å². The number of hydrogen-bond acceptors (Lipinski definition) is 7. The Balaban J connectivity index is 2.31. The number of rotatable bonds is 3. The molecular formula is C13H22O5S2. The van der Waals surface area contributed by atoms with Crippen molar-refractivity contribution in [1.82, 2.24) is 0 Å². The summed E-state index contributed by atoms with van der Waals surface area (Å²) in [4.78, 5) is 11.7. The van der Waals surface area contributed by atoms with Crippen LogP contribution in [0.4, 0.5) is 0 Å². The van der Waals surface area contributed by atoms with Crippen LogP contribution in [0.15, 0.2) is 0 Å². The van der Waals surface area contributed by atoms with Crippen molar-refractivity contribution in [2.45, 2.75) is 42.3 Å². The molecule has 7 heteroatoms. The number of methoxy groups -OCH3 is 2. The Morgan fingerprint density at radius 1 is 1.35 bits per heavy atom. The third-order valence-corrected chi connectivity index (χ3v) is 8.03. The summed E-state index contributed by atoms with van der Waals surface area (Å²) < 4.78 is 15.9. The van der Waals surface area contributed by atoms with Gasteiger partial charge in [-0.05, 0) is 6.92 Å². The fraction of sp³-hybridized carbons (Fsp3) is 0.923. The number of carbonyl (C=O) groups is 1. The Hall–Kier alpha value is 0.0500. The van der Waals surface area contributed by atoms with Crippen molar-refractivity contribution < 1.29 is 24.1 Å². The van der Waals surface area contributed by atoms with E-state index < -0.39 is 17.9 Å². The molecule has 5 nitrogen and oxygen atoms in total. The van der Waals surface area contributed by atoms with Gasteiger partial charge in [0.15, 0.2) is 0 Å². The van der Waals surface area contributed by atoms with E-state index in [0.29, 0.717) is 12.3 Å². The first-order valence-electron chi connectivity index (χ1n) is 6.67. The van der Waals surface area contributed by atoms with Gasteiger partial charge in [-0.25, -0.2) is 4.79 Å². The lowest BCUT2D eigenvalue weighted by molar-refractivity contribution is -0.312. The van der Waals surface area contributed by atoms with E-state index in [4.69, 9.17) is 9.47 Å². The fourth-order valence-corrected chi connectivity index (χ4v) is 6.55. The number of thioether (sulfide) groups is 2. The quantitative estimate of drug-likeness (QED) is 0.790. The normalized spacial score (nSPS) is 37.9. The second-order valence-corrected chi connectivity index (χ2v) is 8.35. The molecule has 2 aliphatic rings. The first-order valence-corrected chi connectivity index (χ1v) is 8.64. The van der Waals surface area contributed by atoms with E-state index in [9.17, 15) is 9.90 Å². The number of hydrogen-bond donors (Lipinski definition) is 1. The highest BCUT2D eigenvalue weighted by molar-refractivity contribution is 8.21. The molecule has 2 saturated heterocycles. The first kappa shape index (κ1) is 16.4. The zero-order chi connectivity index (χ0) is 15.0.